The first kappa shape index (κ1) is 19.8. The number of sulfonamides is 1. The molecule has 144 valence electrons. The third-order valence-corrected chi connectivity index (χ3v) is 7.34. The van der Waals surface area contributed by atoms with Gasteiger partial charge in [0.1, 0.15) is 16.5 Å². The summed E-state index contributed by atoms with van der Waals surface area (Å²) in [6.45, 7) is 4.40. The van der Waals surface area contributed by atoms with E-state index in [2.05, 4.69) is 15.5 Å². The molecule has 0 radical (unpaired) electrons. The van der Waals surface area contributed by atoms with Crippen LogP contribution in [0.3, 0.4) is 0 Å². The molecule has 27 heavy (non-hydrogen) atoms. The molecule has 1 aliphatic heterocycles. The van der Waals surface area contributed by atoms with Gasteiger partial charge in [0.05, 0.1) is 5.71 Å². The summed E-state index contributed by atoms with van der Waals surface area (Å²) in [7, 11) is -3.54. The lowest BCUT2D eigenvalue weighted by Crippen LogP contribution is -2.30. The summed E-state index contributed by atoms with van der Waals surface area (Å²) < 4.78 is 39.9. The molecule has 2 heterocycles. The predicted molar refractivity (Wildman–Crippen MR) is 106 cm³/mol. The van der Waals surface area contributed by atoms with Gasteiger partial charge < -0.3 is 0 Å². The van der Waals surface area contributed by atoms with Crippen molar-refractivity contribution in [3.63, 3.8) is 0 Å². The highest BCUT2D eigenvalue weighted by atomic mass is 32.2. The Morgan fingerprint density at radius 3 is 2.70 bits per heavy atom. The number of pyridine rings is 1. The summed E-state index contributed by atoms with van der Waals surface area (Å²) in [5.74, 6) is 0.999. The molecule has 0 amide bonds. The quantitative estimate of drug-likeness (QED) is 0.740. The second-order valence-corrected chi connectivity index (χ2v) is 8.95. The van der Waals surface area contributed by atoms with Crippen LogP contribution in [0.2, 0.25) is 0 Å². The Balaban J connectivity index is 1.79. The van der Waals surface area contributed by atoms with Crippen LogP contribution in [0.25, 0.3) is 0 Å². The van der Waals surface area contributed by atoms with E-state index in [1.165, 1.54) is 28.7 Å². The van der Waals surface area contributed by atoms with Gasteiger partial charge in [0.25, 0.3) is 0 Å². The van der Waals surface area contributed by atoms with Crippen LogP contribution < -0.4 is 5.43 Å². The van der Waals surface area contributed by atoms with E-state index in [1.54, 1.807) is 37.7 Å². The number of benzene rings is 1. The lowest BCUT2D eigenvalue weighted by Gasteiger charge is -2.18. The molecule has 0 unspecified atom stereocenters. The third-order valence-electron chi connectivity index (χ3n) is 4.23. The van der Waals surface area contributed by atoms with E-state index in [4.69, 9.17) is 0 Å². The Kier molecular flexibility index (Phi) is 6.13. The van der Waals surface area contributed by atoms with E-state index >= 15 is 0 Å². The second-order valence-electron chi connectivity index (χ2n) is 5.88. The van der Waals surface area contributed by atoms with Gasteiger partial charge in [-0.15, -0.1) is 11.8 Å². The molecular weight excluding hydrogens is 387 g/mol. The molecule has 1 N–H and O–H groups in total. The number of halogens is 1. The molecule has 0 bridgehead atoms. The highest BCUT2D eigenvalue weighted by Crippen LogP contribution is 2.30. The van der Waals surface area contributed by atoms with E-state index in [9.17, 15) is 12.8 Å². The maximum absolute atomic E-state index is 13.6. The van der Waals surface area contributed by atoms with Crippen LogP contribution in [0.4, 0.5) is 10.2 Å². The predicted octanol–water partition coefficient (Wildman–Crippen LogP) is 3.56. The Bertz CT molecular complexity index is 942. The van der Waals surface area contributed by atoms with Crippen molar-refractivity contribution in [3.05, 3.63) is 47.9 Å². The van der Waals surface area contributed by atoms with Gasteiger partial charge in [-0.25, -0.2) is 17.8 Å². The van der Waals surface area contributed by atoms with Gasteiger partial charge in [0.15, 0.2) is 0 Å². The number of nitrogens with one attached hydrogen (secondary N) is 1. The zero-order valence-corrected chi connectivity index (χ0v) is 16.8. The van der Waals surface area contributed by atoms with Gasteiger partial charge in [-0.3, -0.25) is 5.43 Å². The van der Waals surface area contributed by atoms with Crippen molar-refractivity contribution in [2.45, 2.75) is 30.1 Å². The normalized spacial score (nSPS) is 15.8. The largest absolute Gasteiger partial charge is 0.261 e. The van der Waals surface area contributed by atoms with Crippen LogP contribution in [-0.2, 0) is 10.0 Å². The number of fused-ring (bicyclic) bond motifs is 1. The molecule has 0 spiro atoms. The topological polar surface area (TPSA) is 74.7 Å². The van der Waals surface area contributed by atoms with Crippen molar-refractivity contribution in [2.75, 3.05) is 24.3 Å². The highest BCUT2D eigenvalue weighted by molar-refractivity contribution is 7.99. The number of nitrogens with zero attached hydrogens (tertiary/aromatic N) is 3. The fourth-order valence-corrected chi connectivity index (χ4v) is 5.21. The Labute approximate surface area is 162 Å². The molecule has 0 aliphatic carbocycles. The van der Waals surface area contributed by atoms with Crippen molar-refractivity contribution in [1.29, 1.82) is 0 Å². The molecule has 0 saturated carbocycles. The molecule has 0 atom stereocenters. The van der Waals surface area contributed by atoms with E-state index < -0.39 is 10.0 Å². The summed E-state index contributed by atoms with van der Waals surface area (Å²) in [5, 5.41) is 4.36. The highest BCUT2D eigenvalue weighted by Gasteiger charge is 2.22. The average Bonchev–Trinajstić information content (AvgIpc) is 2.67. The number of anilines is 1. The van der Waals surface area contributed by atoms with Crippen LogP contribution in [0, 0.1) is 5.82 Å². The molecule has 2 aromatic rings. The fraction of sp³-hybridized carbons (Fsp3) is 0.333. The molecule has 6 nitrogen and oxygen atoms in total. The van der Waals surface area contributed by atoms with Crippen LogP contribution >= 0.6 is 11.8 Å². The van der Waals surface area contributed by atoms with Gasteiger partial charge in [0.2, 0.25) is 10.0 Å². The summed E-state index contributed by atoms with van der Waals surface area (Å²) in [6.07, 6.45) is 2.03. The molecule has 3 rings (SSSR count). The first-order valence-electron chi connectivity index (χ1n) is 8.67. The first-order valence-corrected chi connectivity index (χ1v) is 11.1. The maximum Gasteiger partial charge on any atom is 0.244 e. The van der Waals surface area contributed by atoms with Crippen LogP contribution in [0.5, 0.6) is 0 Å². The summed E-state index contributed by atoms with van der Waals surface area (Å²) >= 11 is 1.67. The van der Waals surface area contributed by atoms with Crippen molar-refractivity contribution in [3.8, 4) is 0 Å². The monoisotopic (exact) mass is 408 g/mol. The van der Waals surface area contributed by atoms with Crippen LogP contribution in [0.1, 0.15) is 25.8 Å². The summed E-state index contributed by atoms with van der Waals surface area (Å²) in [4.78, 5) is 5.29. The summed E-state index contributed by atoms with van der Waals surface area (Å²) in [5.41, 5.74) is 4.38. The average molecular weight is 409 g/mol. The van der Waals surface area contributed by atoms with Crippen molar-refractivity contribution >= 4 is 33.3 Å². The van der Waals surface area contributed by atoms with E-state index in [1.807, 2.05) is 0 Å². The number of hydrogen-bond acceptors (Lipinski definition) is 6. The molecule has 1 aromatic heterocycles. The number of thioether (sulfide) groups is 1. The zero-order chi connectivity index (χ0) is 19.4. The second kappa shape index (κ2) is 8.37. The van der Waals surface area contributed by atoms with Crippen molar-refractivity contribution < 1.29 is 12.8 Å². The number of hydrazone groups is 1. The number of rotatable bonds is 6. The van der Waals surface area contributed by atoms with E-state index in [0.717, 1.165) is 21.9 Å². The van der Waals surface area contributed by atoms with E-state index in [0.29, 0.717) is 25.3 Å². The zero-order valence-electron chi connectivity index (χ0n) is 15.1. The van der Waals surface area contributed by atoms with Gasteiger partial charge in [-0.2, -0.15) is 9.41 Å². The number of hydrogen-bond donors (Lipinski definition) is 1. The Morgan fingerprint density at radius 1 is 1.26 bits per heavy atom. The minimum atomic E-state index is -3.54. The third kappa shape index (κ3) is 4.31. The molecule has 9 heteroatoms. The minimum absolute atomic E-state index is 0.144. The minimum Gasteiger partial charge on any atom is -0.261 e. The van der Waals surface area contributed by atoms with E-state index in [-0.39, 0.29) is 10.7 Å². The maximum atomic E-state index is 13.6. The van der Waals surface area contributed by atoms with Gasteiger partial charge in [-0.1, -0.05) is 13.8 Å². The van der Waals surface area contributed by atoms with Gasteiger partial charge >= 0.3 is 0 Å². The van der Waals surface area contributed by atoms with Crippen LogP contribution in [-0.4, -0.2) is 42.3 Å². The lowest BCUT2D eigenvalue weighted by atomic mass is 10.1. The molecular formula is C18H21FN4O2S2. The van der Waals surface area contributed by atoms with Gasteiger partial charge in [0, 0.05) is 41.9 Å². The van der Waals surface area contributed by atoms with Crippen molar-refractivity contribution in [1.82, 2.24) is 9.29 Å². The SMILES string of the molecule is CCN(CC)S(=O)(=O)c1ccc(N/N=C2\CCSc3ccc(F)cc32)nc1. The smallest absolute Gasteiger partial charge is 0.244 e. The number of aromatic nitrogens is 1. The lowest BCUT2D eigenvalue weighted by molar-refractivity contribution is 0.445. The van der Waals surface area contributed by atoms with Gasteiger partial charge in [-0.05, 0) is 30.3 Å². The molecule has 0 saturated heterocycles. The summed E-state index contributed by atoms with van der Waals surface area (Å²) in [6, 6.07) is 7.77. The standard InChI is InChI=1S/C18H21FN4O2S2/c1-3-23(4-2)27(24,25)14-6-8-18(20-12-14)22-21-16-9-10-26-17-7-5-13(19)11-15(16)17/h5-8,11-12H,3-4,9-10H2,1-2H3,(H,20,22)/b21-16+. The molecule has 1 aliphatic rings. The van der Waals surface area contributed by atoms with Crippen molar-refractivity contribution in [2.24, 2.45) is 5.10 Å². The first-order chi connectivity index (χ1) is 13.0. The Morgan fingerprint density at radius 2 is 2.04 bits per heavy atom. The van der Waals surface area contributed by atoms with Crippen LogP contribution in [0.15, 0.2) is 51.4 Å². The molecule has 0 fully saturated rings. The fourth-order valence-electron chi connectivity index (χ4n) is 2.80. The Hall–Kier alpha value is -1.97. The molecule has 1 aromatic carbocycles.